The fourth-order valence-electron chi connectivity index (χ4n) is 3.12. The number of carbonyl (C=O) groups is 1. The van der Waals surface area contributed by atoms with Gasteiger partial charge in [-0.15, -0.1) is 0 Å². The van der Waals surface area contributed by atoms with E-state index in [9.17, 15) is 18.0 Å². The number of rotatable bonds is 4. The second kappa shape index (κ2) is 7.06. The second-order valence-corrected chi connectivity index (χ2v) is 6.70. The molecule has 2 aromatic heterocycles. The molecule has 4 nitrogen and oxygen atoms in total. The lowest BCUT2D eigenvalue weighted by molar-refractivity contribution is -0.138. The molecule has 0 N–H and O–H groups in total. The number of aryl methyl sites for hydroxylation is 1. The Kier molecular flexibility index (Phi) is 4.95. The lowest BCUT2D eigenvalue weighted by atomic mass is 9.96. The molecular formula is C20H20F3N3O. The zero-order valence-electron chi connectivity index (χ0n) is 15.3. The Morgan fingerprint density at radius 2 is 1.93 bits per heavy atom. The number of nitrogens with zero attached hydrogens (tertiary/aromatic N) is 3. The molecule has 1 amide bonds. The molecule has 0 aliphatic heterocycles. The van der Waals surface area contributed by atoms with Gasteiger partial charge in [-0.1, -0.05) is 12.1 Å². The van der Waals surface area contributed by atoms with Gasteiger partial charge in [0.1, 0.15) is 6.54 Å². The van der Waals surface area contributed by atoms with Crippen LogP contribution in [0.3, 0.4) is 0 Å². The lowest BCUT2D eigenvalue weighted by Crippen LogP contribution is -2.25. The summed E-state index contributed by atoms with van der Waals surface area (Å²) in [4.78, 5) is 17.8. The van der Waals surface area contributed by atoms with Crippen molar-refractivity contribution in [1.82, 2.24) is 14.5 Å². The van der Waals surface area contributed by atoms with Gasteiger partial charge in [0.05, 0.1) is 16.8 Å². The molecule has 0 atom stereocenters. The van der Waals surface area contributed by atoms with Gasteiger partial charge in [0.15, 0.2) is 0 Å². The highest BCUT2D eigenvalue weighted by Gasteiger charge is 2.33. The van der Waals surface area contributed by atoms with E-state index in [0.29, 0.717) is 11.3 Å². The van der Waals surface area contributed by atoms with Gasteiger partial charge in [-0.25, -0.2) is 0 Å². The summed E-state index contributed by atoms with van der Waals surface area (Å²) >= 11 is 0. The Balaban J connectivity index is 2.03. The SMILES string of the molecule is Cc1cccc(C(F)(F)F)c1Cc1nccc2c1ccn2CC(=O)N(C)C. The Morgan fingerprint density at radius 1 is 1.19 bits per heavy atom. The predicted molar refractivity (Wildman–Crippen MR) is 97.4 cm³/mol. The number of carbonyl (C=O) groups excluding carboxylic acids is 1. The van der Waals surface area contributed by atoms with Gasteiger partial charge >= 0.3 is 6.18 Å². The van der Waals surface area contributed by atoms with E-state index in [2.05, 4.69) is 4.98 Å². The minimum Gasteiger partial charge on any atom is -0.347 e. The summed E-state index contributed by atoms with van der Waals surface area (Å²) in [5.41, 5.74) is 1.50. The number of aromatic nitrogens is 2. The van der Waals surface area contributed by atoms with Crippen LogP contribution in [0.1, 0.15) is 22.4 Å². The number of amides is 1. The molecule has 3 aromatic rings. The Morgan fingerprint density at radius 3 is 2.59 bits per heavy atom. The number of hydrogen-bond acceptors (Lipinski definition) is 2. The first-order chi connectivity index (χ1) is 12.7. The first-order valence-electron chi connectivity index (χ1n) is 8.47. The fraction of sp³-hybridized carbons (Fsp3) is 0.300. The van der Waals surface area contributed by atoms with Crippen LogP contribution in [0.25, 0.3) is 10.9 Å². The number of halogens is 3. The van der Waals surface area contributed by atoms with Crippen molar-refractivity contribution >= 4 is 16.8 Å². The Labute approximate surface area is 155 Å². The van der Waals surface area contributed by atoms with E-state index < -0.39 is 11.7 Å². The quantitative estimate of drug-likeness (QED) is 0.690. The van der Waals surface area contributed by atoms with E-state index in [0.717, 1.165) is 17.0 Å². The van der Waals surface area contributed by atoms with Crippen molar-refractivity contribution in [3.05, 3.63) is 65.1 Å². The lowest BCUT2D eigenvalue weighted by Gasteiger charge is -2.15. The van der Waals surface area contributed by atoms with Gasteiger partial charge in [-0.3, -0.25) is 9.78 Å². The van der Waals surface area contributed by atoms with Gasteiger partial charge in [-0.05, 0) is 36.2 Å². The standard InChI is InChI=1S/C20H20F3N3O/c1-13-5-4-6-16(20(21,22)23)15(13)11-17-14-8-10-26(12-19(27)25(2)3)18(14)7-9-24-17/h4-10H,11-12H2,1-3H3. The van der Waals surface area contributed by atoms with Gasteiger partial charge < -0.3 is 9.47 Å². The van der Waals surface area contributed by atoms with Crippen molar-refractivity contribution in [2.24, 2.45) is 0 Å². The van der Waals surface area contributed by atoms with Crippen LogP contribution in [-0.2, 0) is 23.9 Å². The van der Waals surface area contributed by atoms with Crippen molar-refractivity contribution in [1.29, 1.82) is 0 Å². The minimum atomic E-state index is -4.42. The highest BCUT2D eigenvalue weighted by Crippen LogP contribution is 2.35. The fourth-order valence-corrected chi connectivity index (χ4v) is 3.12. The summed E-state index contributed by atoms with van der Waals surface area (Å²) in [6.07, 6.45) is -1.01. The molecule has 0 radical (unpaired) electrons. The van der Waals surface area contributed by atoms with Crippen LogP contribution < -0.4 is 0 Å². The molecule has 0 aliphatic carbocycles. The zero-order chi connectivity index (χ0) is 19.8. The molecule has 7 heteroatoms. The molecule has 0 saturated heterocycles. The van der Waals surface area contributed by atoms with E-state index in [1.807, 2.05) is 0 Å². The third kappa shape index (κ3) is 3.82. The molecule has 0 saturated carbocycles. The maximum absolute atomic E-state index is 13.4. The first-order valence-corrected chi connectivity index (χ1v) is 8.47. The largest absolute Gasteiger partial charge is 0.416 e. The molecule has 0 spiro atoms. The monoisotopic (exact) mass is 375 g/mol. The normalized spacial score (nSPS) is 11.8. The van der Waals surface area contributed by atoms with Gasteiger partial charge in [-0.2, -0.15) is 13.2 Å². The summed E-state index contributed by atoms with van der Waals surface area (Å²) < 4.78 is 42.0. The number of fused-ring (bicyclic) bond motifs is 1. The predicted octanol–water partition coefficient (Wildman–Crippen LogP) is 4.04. The molecule has 27 heavy (non-hydrogen) atoms. The third-order valence-electron chi connectivity index (χ3n) is 4.64. The summed E-state index contributed by atoms with van der Waals surface area (Å²) in [7, 11) is 3.36. The topological polar surface area (TPSA) is 38.1 Å². The number of likely N-dealkylation sites (N-methyl/N-ethyl adjacent to an activating group) is 1. The van der Waals surface area contributed by atoms with Gasteiger partial charge in [0, 0.05) is 38.3 Å². The molecule has 0 fully saturated rings. The summed E-state index contributed by atoms with van der Waals surface area (Å²) in [5.74, 6) is -0.0656. The summed E-state index contributed by atoms with van der Waals surface area (Å²) in [5, 5.41) is 0.750. The van der Waals surface area contributed by atoms with Crippen LogP contribution in [0.4, 0.5) is 13.2 Å². The van der Waals surface area contributed by atoms with Crippen LogP contribution in [0.2, 0.25) is 0 Å². The average molecular weight is 375 g/mol. The van der Waals surface area contributed by atoms with E-state index in [1.165, 1.54) is 11.0 Å². The average Bonchev–Trinajstić information content (AvgIpc) is 2.99. The van der Waals surface area contributed by atoms with E-state index >= 15 is 0 Å². The van der Waals surface area contributed by atoms with Crippen LogP contribution in [0, 0.1) is 6.92 Å². The van der Waals surface area contributed by atoms with Crippen molar-refractivity contribution in [2.75, 3.05) is 14.1 Å². The molecule has 142 valence electrons. The van der Waals surface area contributed by atoms with Crippen molar-refractivity contribution < 1.29 is 18.0 Å². The maximum Gasteiger partial charge on any atom is 0.416 e. The van der Waals surface area contributed by atoms with Gasteiger partial charge in [0.25, 0.3) is 0 Å². The van der Waals surface area contributed by atoms with Crippen LogP contribution >= 0.6 is 0 Å². The Bertz CT molecular complexity index is 990. The molecular weight excluding hydrogens is 355 g/mol. The molecule has 0 aliphatic rings. The number of alkyl halides is 3. The highest BCUT2D eigenvalue weighted by atomic mass is 19.4. The van der Waals surface area contributed by atoms with E-state index in [-0.39, 0.29) is 24.4 Å². The molecule has 0 bridgehead atoms. The van der Waals surface area contributed by atoms with E-state index in [1.54, 1.807) is 56.2 Å². The maximum atomic E-state index is 13.4. The third-order valence-corrected chi connectivity index (χ3v) is 4.64. The summed E-state index contributed by atoms with van der Waals surface area (Å²) in [6.45, 7) is 1.84. The summed E-state index contributed by atoms with van der Waals surface area (Å²) in [6, 6.07) is 7.75. The van der Waals surface area contributed by atoms with Crippen molar-refractivity contribution in [2.45, 2.75) is 26.1 Å². The highest BCUT2D eigenvalue weighted by molar-refractivity contribution is 5.85. The van der Waals surface area contributed by atoms with Crippen LogP contribution in [0.5, 0.6) is 0 Å². The molecule has 0 unspecified atom stereocenters. The number of benzene rings is 1. The molecule has 2 heterocycles. The van der Waals surface area contributed by atoms with Crippen molar-refractivity contribution in [3.8, 4) is 0 Å². The Hall–Kier alpha value is -2.83. The smallest absolute Gasteiger partial charge is 0.347 e. The first kappa shape index (κ1) is 18.9. The van der Waals surface area contributed by atoms with Crippen LogP contribution in [0.15, 0.2) is 42.7 Å². The molecule has 3 rings (SSSR count). The zero-order valence-corrected chi connectivity index (χ0v) is 15.3. The number of pyridine rings is 1. The molecule has 1 aromatic carbocycles. The second-order valence-electron chi connectivity index (χ2n) is 6.70. The minimum absolute atomic E-state index is 0.0656. The van der Waals surface area contributed by atoms with Crippen molar-refractivity contribution in [3.63, 3.8) is 0 Å². The van der Waals surface area contributed by atoms with E-state index in [4.69, 9.17) is 0 Å². The number of hydrogen-bond donors (Lipinski definition) is 0. The van der Waals surface area contributed by atoms with Gasteiger partial charge in [0.2, 0.25) is 5.91 Å². The van der Waals surface area contributed by atoms with Crippen LogP contribution in [-0.4, -0.2) is 34.5 Å².